The van der Waals surface area contributed by atoms with Gasteiger partial charge in [-0.2, -0.15) is 5.10 Å². The third-order valence-corrected chi connectivity index (χ3v) is 8.94. The molecule has 3 heterocycles. The van der Waals surface area contributed by atoms with E-state index in [1.807, 2.05) is 12.3 Å². The summed E-state index contributed by atoms with van der Waals surface area (Å²) in [6.07, 6.45) is 10.5. The molecule has 1 amide bonds. The second kappa shape index (κ2) is 9.58. The fraction of sp³-hybridized carbons (Fsp3) is 0.367. The number of nitrogens with two attached hydrogens (primary N) is 1. The van der Waals surface area contributed by atoms with E-state index in [9.17, 15) is 4.79 Å². The van der Waals surface area contributed by atoms with E-state index in [0.29, 0.717) is 21.8 Å². The summed E-state index contributed by atoms with van der Waals surface area (Å²) in [5, 5.41) is 8.71. The van der Waals surface area contributed by atoms with Crippen molar-refractivity contribution in [2.24, 2.45) is 5.73 Å². The number of rotatable bonds is 5. The lowest BCUT2D eigenvalue weighted by molar-refractivity contribution is 0.0938. The highest BCUT2D eigenvalue weighted by Crippen LogP contribution is 2.38. The van der Waals surface area contributed by atoms with Crippen LogP contribution in [-0.2, 0) is 12.8 Å². The number of likely N-dealkylation sites (tertiary alicyclic amines) is 1. The second-order valence-electron chi connectivity index (χ2n) is 10.5. The highest BCUT2D eigenvalue weighted by Gasteiger charge is 2.37. The number of fused-ring (bicyclic) bond motifs is 2. The number of nitrogens with zero attached hydrogens (tertiary/aromatic N) is 3. The Bertz CT molecular complexity index is 1490. The van der Waals surface area contributed by atoms with E-state index in [1.54, 1.807) is 12.1 Å². The fourth-order valence-electron chi connectivity index (χ4n) is 6.37. The first-order valence-corrected chi connectivity index (χ1v) is 13.7. The highest BCUT2D eigenvalue weighted by molar-refractivity contribution is 6.34. The molecule has 6 rings (SSSR count). The first kappa shape index (κ1) is 24.1. The molecule has 0 bridgehead atoms. The van der Waals surface area contributed by atoms with Gasteiger partial charge in [-0.05, 0) is 92.9 Å². The molecule has 6 nitrogen and oxygen atoms in total. The Balaban J connectivity index is 1.32. The number of carbonyl (C=O) groups excluding carboxylic acids is 1. The van der Waals surface area contributed by atoms with Crippen LogP contribution in [0.15, 0.2) is 48.7 Å². The van der Waals surface area contributed by atoms with Gasteiger partial charge in [0.25, 0.3) is 0 Å². The molecule has 2 aromatic heterocycles. The number of amides is 1. The van der Waals surface area contributed by atoms with Gasteiger partial charge in [0.05, 0.1) is 16.3 Å². The fourth-order valence-corrected chi connectivity index (χ4v) is 6.65. The molecule has 0 radical (unpaired) electrons. The van der Waals surface area contributed by atoms with Gasteiger partial charge in [0.15, 0.2) is 5.65 Å². The Morgan fingerprint density at radius 3 is 2.51 bits per heavy atom. The molecular weight excluding hydrogens is 482 g/mol. The number of H-pyrrole nitrogens is 1. The molecule has 190 valence electrons. The average Bonchev–Trinajstić information content (AvgIpc) is 3.56. The molecule has 4 aromatic rings. The van der Waals surface area contributed by atoms with Crippen LogP contribution in [0.25, 0.3) is 33.4 Å². The zero-order valence-electron chi connectivity index (χ0n) is 21.2. The van der Waals surface area contributed by atoms with E-state index in [4.69, 9.17) is 17.3 Å². The number of aromatic amines is 1. The Kier molecular flexibility index (Phi) is 6.25. The van der Waals surface area contributed by atoms with Crippen molar-refractivity contribution in [2.45, 2.75) is 57.4 Å². The van der Waals surface area contributed by atoms with Crippen molar-refractivity contribution in [3.63, 3.8) is 0 Å². The summed E-state index contributed by atoms with van der Waals surface area (Å²) in [6.45, 7) is 4.88. The summed E-state index contributed by atoms with van der Waals surface area (Å²) in [5.74, 6) is -0.546. The Hall–Kier alpha value is -3.22. The minimum atomic E-state index is -0.546. The van der Waals surface area contributed by atoms with E-state index in [1.165, 1.54) is 61.9 Å². The van der Waals surface area contributed by atoms with Gasteiger partial charge >= 0.3 is 0 Å². The van der Waals surface area contributed by atoms with Crippen molar-refractivity contribution >= 4 is 28.5 Å². The lowest BCUT2D eigenvalue weighted by Crippen LogP contribution is -2.47. The van der Waals surface area contributed by atoms with Crippen LogP contribution in [0.3, 0.4) is 0 Å². The Labute approximate surface area is 222 Å². The zero-order valence-corrected chi connectivity index (χ0v) is 21.9. The van der Waals surface area contributed by atoms with Gasteiger partial charge < -0.3 is 5.73 Å². The Morgan fingerprint density at radius 2 is 1.78 bits per heavy atom. The first-order chi connectivity index (χ1) is 18.0. The van der Waals surface area contributed by atoms with Crippen LogP contribution in [0.2, 0.25) is 5.02 Å². The minimum Gasteiger partial charge on any atom is -0.366 e. The molecule has 7 heteroatoms. The van der Waals surface area contributed by atoms with E-state index in [-0.39, 0.29) is 0 Å². The third kappa shape index (κ3) is 4.32. The van der Waals surface area contributed by atoms with E-state index >= 15 is 0 Å². The molecule has 0 saturated carbocycles. The number of halogens is 1. The molecule has 1 aliphatic carbocycles. The quantitative estimate of drug-likeness (QED) is 0.312. The van der Waals surface area contributed by atoms with E-state index in [0.717, 1.165) is 35.0 Å². The molecular formula is C30H32ClN5O. The number of aromatic nitrogens is 3. The van der Waals surface area contributed by atoms with Crippen molar-refractivity contribution < 1.29 is 4.79 Å². The Morgan fingerprint density at radius 1 is 1.03 bits per heavy atom. The van der Waals surface area contributed by atoms with Crippen LogP contribution in [0.4, 0.5) is 0 Å². The van der Waals surface area contributed by atoms with Gasteiger partial charge in [-0.15, -0.1) is 0 Å². The number of aryl methyl sites for hydroxylation is 2. The molecule has 0 spiro atoms. The van der Waals surface area contributed by atoms with Gasteiger partial charge in [0.2, 0.25) is 5.91 Å². The van der Waals surface area contributed by atoms with Gasteiger partial charge in [-0.25, -0.2) is 4.98 Å². The van der Waals surface area contributed by atoms with Crippen molar-refractivity contribution in [3.05, 3.63) is 70.4 Å². The normalized spacial score (nSPS) is 20.2. The van der Waals surface area contributed by atoms with E-state index in [2.05, 4.69) is 51.3 Å². The van der Waals surface area contributed by atoms with Crippen molar-refractivity contribution in [1.29, 1.82) is 0 Å². The summed E-state index contributed by atoms with van der Waals surface area (Å²) in [4.78, 5) is 19.0. The number of hydrogen-bond donors (Lipinski definition) is 2. The predicted molar refractivity (Wildman–Crippen MR) is 149 cm³/mol. The van der Waals surface area contributed by atoms with Crippen molar-refractivity contribution in [1.82, 2.24) is 20.1 Å². The first-order valence-electron chi connectivity index (χ1n) is 13.3. The lowest BCUT2D eigenvalue weighted by atomic mass is 9.85. The van der Waals surface area contributed by atoms with Crippen LogP contribution >= 0.6 is 11.6 Å². The number of pyridine rings is 1. The van der Waals surface area contributed by atoms with Crippen LogP contribution in [0.5, 0.6) is 0 Å². The van der Waals surface area contributed by atoms with Crippen LogP contribution in [0, 0.1) is 0 Å². The van der Waals surface area contributed by atoms with Gasteiger partial charge in [-0.1, -0.05) is 42.8 Å². The summed E-state index contributed by atoms with van der Waals surface area (Å²) < 4.78 is 0. The maximum atomic E-state index is 11.6. The molecule has 2 aliphatic rings. The molecule has 37 heavy (non-hydrogen) atoms. The summed E-state index contributed by atoms with van der Waals surface area (Å²) in [6, 6.07) is 14.3. The number of nitrogens with one attached hydrogen (secondary N) is 1. The van der Waals surface area contributed by atoms with Crippen molar-refractivity contribution in [2.75, 3.05) is 13.1 Å². The van der Waals surface area contributed by atoms with Gasteiger partial charge in [0.1, 0.15) is 0 Å². The van der Waals surface area contributed by atoms with Crippen molar-refractivity contribution in [3.8, 4) is 22.4 Å². The highest BCUT2D eigenvalue weighted by atomic mass is 35.5. The topological polar surface area (TPSA) is 87.9 Å². The third-order valence-electron chi connectivity index (χ3n) is 8.63. The maximum Gasteiger partial charge on any atom is 0.250 e. The smallest absolute Gasteiger partial charge is 0.250 e. The second-order valence-corrected chi connectivity index (χ2v) is 10.9. The van der Waals surface area contributed by atoms with Crippen LogP contribution in [0.1, 0.15) is 60.5 Å². The zero-order chi connectivity index (χ0) is 25.6. The van der Waals surface area contributed by atoms with E-state index < -0.39 is 5.91 Å². The summed E-state index contributed by atoms with van der Waals surface area (Å²) >= 11 is 6.32. The molecule has 1 fully saturated rings. The molecule has 1 atom stereocenters. The number of benzene rings is 2. The lowest BCUT2D eigenvalue weighted by Gasteiger charge is -2.41. The largest absolute Gasteiger partial charge is 0.366 e. The van der Waals surface area contributed by atoms with Gasteiger partial charge in [-0.3, -0.25) is 14.8 Å². The predicted octanol–water partition coefficient (Wildman–Crippen LogP) is 6.17. The van der Waals surface area contributed by atoms with Crippen LogP contribution in [-0.4, -0.2) is 44.6 Å². The molecule has 2 aromatic carbocycles. The molecule has 1 saturated heterocycles. The summed E-state index contributed by atoms with van der Waals surface area (Å²) in [5.41, 5.74) is 13.5. The number of hydrogen-bond acceptors (Lipinski definition) is 4. The van der Waals surface area contributed by atoms with Gasteiger partial charge in [0, 0.05) is 28.2 Å². The molecule has 1 unspecified atom stereocenters. The maximum absolute atomic E-state index is 11.6. The number of carbonyl (C=O) groups is 1. The minimum absolute atomic E-state index is 0.301. The summed E-state index contributed by atoms with van der Waals surface area (Å²) in [7, 11) is 0. The average molecular weight is 514 g/mol. The SMILES string of the molecule is CCC1(N2CCCC2)CCc2ccc(-c3cnc4n[nH]c(-c5ccc(C(N)=O)c(Cl)c5)c4c3)cc2CC1. The van der Waals surface area contributed by atoms with Crippen LogP contribution < -0.4 is 5.73 Å². The number of primary amides is 1. The molecule has 3 N–H and O–H groups in total. The standard InChI is InChI=1S/C30H32ClN5O/c1-2-30(36-13-3-4-14-36)11-9-19-5-6-20(15-21(19)10-12-30)23-16-25-27(34-35-29(25)33-18-23)22-7-8-24(28(32)37)26(31)17-22/h5-8,15-18H,2-4,9-14H2,1H3,(H2,32,37)(H,33,34,35). The molecule has 1 aliphatic heterocycles. The monoisotopic (exact) mass is 513 g/mol.